The Morgan fingerprint density at radius 1 is 0.562 bits per heavy atom. The van der Waals surface area contributed by atoms with Crippen LogP contribution in [0.1, 0.15) is 17.0 Å². The lowest BCUT2D eigenvalue weighted by molar-refractivity contribution is 0.271. The van der Waals surface area contributed by atoms with Gasteiger partial charge in [0.2, 0.25) is 0 Å². The minimum atomic E-state index is -0.0183. The second-order valence-electron chi connectivity index (χ2n) is 12.3. The Balaban J connectivity index is 1.16. The Labute approximate surface area is 281 Å². The lowest BCUT2D eigenvalue weighted by atomic mass is 9.81. The normalized spacial score (nSPS) is 16.5. The van der Waals surface area contributed by atoms with E-state index in [-0.39, 0.29) is 12.0 Å². The van der Waals surface area contributed by atoms with Crippen LogP contribution in [-0.2, 0) is 0 Å². The molecule has 5 heteroatoms. The molecule has 0 fully saturated rings. The maximum absolute atomic E-state index is 6.34. The third kappa shape index (κ3) is 4.39. The van der Waals surface area contributed by atoms with Crippen molar-refractivity contribution in [1.82, 2.24) is 15.0 Å². The summed E-state index contributed by atoms with van der Waals surface area (Å²) in [7, 11) is 0. The van der Waals surface area contributed by atoms with Crippen molar-refractivity contribution >= 4 is 47.9 Å². The van der Waals surface area contributed by atoms with Crippen molar-refractivity contribution < 1.29 is 4.74 Å². The van der Waals surface area contributed by atoms with Gasteiger partial charge in [0.15, 0.2) is 17.5 Å². The van der Waals surface area contributed by atoms with Crippen molar-refractivity contribution in [2.24, 2.45) is 0 Å². The predicted molar refractivity (Wildman–Crippen MR) is 197 cm³/mol. The molecule has 0 saturated carbocycles. The zero-order valence-corrected chi connectivity index (χ0v) is 26.6. The van der Waals surface area contributed by atoms with E-state index in [0.29, 0.717) is 17.5 Å². The quantitative estimate of drug-likeness (QED) is 0.193. The first-order valence-corrected chi connectivity index (χ1v) is 17.0. The highest BCUT2D eigenvalue weighted by Gasteiger charge is 2.37. The summed E-state index contributed by atoms with van der Waals surface area (Å²) in [5.74, 6) is 3.06. The molecule has 2 atom stereocenters. The molecular weight excluding hydrogens is 607 g/mol. The molecule has 1 aliphatic heterocycles. The van der Waals surface area contributed by atoms with Crippen LogP contribution in [0.4, 0.5) is 0 Å². The molecule has 4 nitrogen and oxygen atoms in total. The van der Waals surface area contributed by atoms with Gasteiger partial charge in [-0.25, -0.2) is 15.0 Å². The molecule has 0 saturated heterocycles. The number of rotatable bonds is 4. The summed E-state index contributed by atoms with van der Waals surface area (Å²) in [5.41, 5.74) is 6.50. The number of para-hydroxylation sites is 1. The first kappa shape index (κ1) is 27.2. The van der Waals surface area contributed by atoms with E-state index in [4.69, 9.17) is 19.7 Å². The van der Waals surface area contributed by atoms with Crippen molar-refractivity contribution in [3.8, 4) is 39.9 Å². The zero-order valence-electron chi connectivity index (χ0n) is 25.7. The van der Waals surface area contributed by atoms with E-state index in [1.54, 1.807) is 11.3 Å². The molecule has 3 heterocycles. The first-order chi connectivity index (χ1) is 23.8. The summed E-state index contributed by atoms with van der Waals surface area (Å²) < 4.78 is 8.81. The topological polar surface area (TPSA) is 47.9 Å². The van der Waals surface area contributed by atoms with Crippen LogP contribution in [0.25, 0.3) is 70.7 Å². The molecule has 10 rings (SSSR count). The third-order valence-electron chi connectivity index (χ3n) is 9.50. The Kier molecular flexibility index (Phi) is 6.14. The number of hydrogen-bond donors (Lipinski definition) is 0. The van der Waals surface area contributed by atoms with Crippen molar-refractivity contribution in [2.45, 2.75) is 12.0 Å². The summed E-state index contributed by atoms with van der Waals surface area (Å²) in [6, 6.07) is 46.8. The lowest BCUT2D eigenvalue weighted by Gasteiger charge is -2.23. The van der Waals surface area contributed by atoms with Crippen molar-refractivity contribution in [1.29, 1.82) is 0 Å². The van der Waals surface area contributed by atoms with Crippen LogP contribution in [-0.4, -0.2) is 21.1 Å². The molecule has 2 aliphatic rings. The van der Waals surface area contributed by atoms with E-state index in [2.05, 4.69) is 146 Å². The number of fused-ring (bicyclic) bond motifs is 7. The minimum Gasteiger partial charge on any atom is -0.485 e. The van der Waals surface area contributed by atoms with Gasteiger partial charge < -0.3 is 4.74 Å². The SMILES string of the molecule is C1=CC2Oc3ccccc3C2C(c2cccc(-c3nc(-c4ccc5ccccc5c4)nc(-c4cccc5sc6ccccc6c45)n3)c2)=C1. The summed E-state index contributed by atoms with van der Waals surface area (Å²) in [4.78, 5) is 15.5. The van der Waals surface area contributed by atoms with Gasteiger partial charge in [-0.1, -0.05) is 115 Å². The largest absolute Gasteiger partial charge is 0.485 e. The molecule has 0 spiro atoms. The number of allylic oxidation sites excluding steroid dienone is 2. The predicted octanol–water partition coefficient (Wildman–Crippen LogP) is 10.9. The van der Waals surface area contributed by atoms with Crippen LogP contribution in [0.15, 0.2) is 152 Å². The van der Waals surface area contributed by atoms with E-state index < -0.39 is 0 Å². The van der Waals surface area contributed by atoms with Gasteiger partial charge in [-0.3, -0.25) is 0 Å². The fraction of sp³-hybridized carbons (Fsp3) is 0.0465. The van der Waals surface area contributed by atoms with E-state index in [0.717, 1.165) is 33.4 Å². The fourth-order valence-corrected chi connectivity index (χ4v) is 8.39. The molecule has 0 N–H and O–H groups in total. The highest BCUT2D eigenvalue weighted by atomic mass is 32.1. The number of hydrogen-bond acceptors (Lipinski definition) is 5. The van der Waals surface area contributed by atoms with Gasteiger partial charge in [-0.2, -0.15) is 0 Å². The van der Waals surface area contributed by atoms with Crippen LogP contribution in [0, 0.1) is 0 Å². The number of ether oxygens (including phenoxy) is 1. The molecule has 8 aromatic rings. The van der Waals surface area contributed by atoms with E-state index in [1.165, 1.54) is 36.7 Å². The van der Waals surface area contributed by atoms with Crippen LogP contribution in [0.2, 0.25) is 0 Å². The Bertz CT molecular complexity index is 2630. The molecule has 0 amide bonds. The highest BCUT2D eigenvalue weighted by Crippen LogP contribution is 2.48. The molecule has 2 aromatic heterocycles. The van der Waals surface area contributed by atoms with Gasteiger partial charge in [0.1, 0.15) is 11.9 Å². The number of thiophene rings is 1. The standard InChI is InChI=1S/C43H27N3OS/c1-2-11-27-24-30(23-22-26(27)10-1)42-44-41(45-43(46-42)34-17-9-21-38-40(34)33-15-4-6-20-37(33)48-38)29-13-7-12-28(25-29)31-16-8-19-36-39(31)32-14-3-5-18-35(32)47-36/h1-25,36,39H. The molecule has 6 aromatic carbocycles. The van der Waals surface area contributed by atoms with Gasteiger partial charge in [0.05, 0.1) is 5.92 Å². The van der Waals surface area contributed by atoms with Crippen molar-refractivity contribution in [3.63, 3.8) is 0 Å². The number of nitrogens with zero attached hydrogens (tertiary/aromatic N) is 3. The van der Waals surface area contributed by atoms with Crippen LogP contribution in [0.5, 0.6) is 5.75 Å². The molecule has 0 radical (unpaired) electrons. The average Bonchev–Trinajstić information content (AvgIpc) is 3.73. The summed E-state index contributed by atoms with van der Waals surface area (Å²) in [6.07, 6.45) is 6.46. The molecule has 2 unspecified atom stereocenters. The monoisotopic (exact) mass is 633 g/mol. The van der Waals surface area contributed by atoms with E-state index >= 15 is 0 Å². The summed E-state index contributed by atoms with van der Waals surface area (Å²) in [5, 5.41) is 4.73. The smallest absolute Gasteiger partial charge is 0.164 e. The first-order valence-electron chi connectivity index (χ1n) is 16.2. The third-order valence-corrected chi connectivity index (χ3v) is 10.6. The van der Waals surface area contributed by atoms with Crippen LogP contribution in [0.3, 0.4) is 0 Å². The average molecular weight is 634 g/mol. The van der Waals surface area contributed by atoms with Gasteiger partial charge in [0.25, 0.3) is 0 Å². The van der Waals surface area contributed by atoms with E-state index in [1.807, 2.05) is 6.07 Å². The van der Waals surface area contributed by atoms with Gasteiger partial charge in [-0.05, 0) is 58.3 Å². The Morgan fingerprint density at radius 3 is 2.23 bits per heavy atom. The molecule has 226 valence electrons. The Hall–Kier alpha value is -5.91. The van der Waals surface area contributed by atoms with E-state index in [9.17, 15) is 0 Å². The zero-order chi connectivity index (χ0) is 31.6. The minimum absolute atomic E-state index is 0.0183. The van der Waals surface area contributed by atoms with Crippen molar-refractivity contribution in [3.05, 3.63) is 163 Å². The summed E-state index contributed by atoms with van der Waals surface area (Å²) >= 11 is 1.80. The molecular formula is C43H27N3OS. The number of aromatic nitrogens is 3. The lowest BCUT2D eigenvalue weighted by Crippen LogP contribution is -2.19. The number of benzene rings is 6. The molecule has 0 bridgehead atoms. The molecule has 1 aliphatic carbocycles. The van der Waals surface area contributed by atoms with Crippen molar-refractivity contribution in [2.75, 3.05) is 0 Å². The van der Waals surface area contributed by atoms with Gasteiger partial charge in [-0.15, -0.1) is 11.3 Å². The maximum Gasteiger partial charge on any atom is 0.164 e. The Morgan fingerprint density at radius 2 is 1.29 bits per heavy atom. The summed E-state index contributed by atoms with van der Waals surface area (Å²) in [6.45, 7) is 0. The van der Waals surface area contributed by atoms with Gasteiger partial charge in [0, 0.05) is 42.4 Å². The molecule has 48 heavy (non-hydrogen) atoms. The van der Waals surface area contributed by atoms with Gasteiger partial charge >= 0.3 is 0 Å². The maximum atomic E-state index is 6.34. The fourth-order valence-electron chi connectivity index (χ4n) is 7.26. The highest BCUT2D eigenvalue weighted by molar-refractivity contribution is 7.25. The van der Waals surface area contributed by atoms with Crippen LogP contribution < -0.4 is 4.74 Å². The van der Waals surface area contributed by atoms with Crippen LogP contribution >= 0.6 is 11.3 Å². The second kappa shape index (κ2) is 10.8. The second-order valence-corrected chi connectivity index (χ2v) is 13.4.